The molecule has 0 aliphatic carbocycles. The fourth-order valence-electron chi connectivity index (χ4n) is 5.11. The van der Waals surface area contributed by atoms with E-state index in [0.29, 0.717) is 6.04 Å². The van der Waals surface area contributed by atoms with Crippen molar-refractivity contribution >= 4 is 27.5 Å². The first-order chi connectivity index (χ1) is 15.1. The summed E-state index contributed by atoms with van der Waals surface area (Å²) >= 11 is 0. The van der Waals surface area contributed by atoms with Crippen LogP contribution in [0.15, 0.2) is 66.7 Å². The van der Waals surface area contributed by atoms with E-state index in [0.717, 1.165) is 24.0 Å². The molecule has 0 saturated carbocycles. The number of nitrogen functional groups attached to an aromatic ring is 1. The van der Waals surface area contributed by atoms with E-state index in [9.17, 15) is 0 Å². The lowest BCUT2D eigenvalue weighted by molar-refractivity contribution is 0.234. The summed E-state index contributed by atoms with van der Waals surface area (Å²) in [5.74, 6) is 0.125. The molecule has 4 nitrogen and oxygen atoms in total. The van der Waals surface area contributed by atoms with Gasteiger partial charge in [-0.2, -0.15) is 0 Å². The minimum Gasteiger partial charge on any atom is -0.384 e. The van der Waals surface area contributed by atoms with Crippen LogP contribution in [0.2, 0.25) is 0 Å². The summed E-state index contributed by atoms with van der Waals surface area (Å²) in [6.45, 7) is 2.22. The Kier molecular flexibility index (Phi) is 5.24. The van der Waals surface area contributed by atoms with E-state index in [1.165, 1.54) is 53.2 Å². The van der Waals surface area contributed by atoms with Gasteiger partial charge in [0.25, 0.3) is 0 Å². The van der Waals surface area contributed by atoms with Gasteiger partial charge >= 0.3 is 0 Å². The number of nitrogens with zero attached hydrogens (tertiary/aromatic N) is 2. The van der Waals surface area contributed by atoms with E-state index in [-0.39, 0.29) is 5.84 Å². The predicted octanol–water partition coefficient (Wildman–Crippen LogP) is 5.21. The highest BCUT2D eigenvalue weighted by atomic mass is 15.2. The summed E-state index contributed by atoms with van der Waals surface area (Å²) in [5.41, 5.74) is 10.4. The van der Waals surface area contributed by atoms with Gasteiger partial charge in [0.2, 0.25) is 0 Å². The third kappa shape index (κ3) is 3.96. The Morgan fingerprint density at radius 2 is 1.81 bits per heavy atom. The molecule has 4 heteroatoms. The summed E-state index contributed by atoms with van der Waals surface area (Å²) in [4.78, 5) is 2.67. The Morgan fingerprint density at radius 1 is 1.00 bits per heavy atom. The summed E-state index contributed by atoms with van der Waals surface area (Å²) < 4.78 is 2.27. The summed E-state index contributed by atoms with van der Waals surface area (Å²) in [6, 6.07) is 24.5. The molecule has 1 aromatic heterocycles. The molecule has 0 spiro atoms. The first-order valence-corrected chi connectivity index (χ1v) is 11.2. The number of nitrogens with two attached hydrogens (primary N) is 1. The average Bonchev–Trinajstić information content (AvgIpc) is 3.35. The number of aromatic nitrogens is 1. The maximum absolute atomic E-state index is 7.70. The van der Waals surface area contributed by atoms with Gasteiger partial charge in [-0.25, -0.2) is 0 Å². The van der Waals surface area contributed by atoms with Crippen molar-refractivity contribution in [3.63, 3.8) is 0 Å². The molecule has 4 aromatic rings. The number of hydrogen-bond donors (Lipinski definition) is 2. The van der Waals surface area contributed by atoms with Crippen molar-refractivity contribution in [2.75, 3.05) is 6.54 Å². The van der Waals surface area contributed by atoms with E-state index >= 15 is 0 Å². The number of rotatable bonds is 6. The van der Waals surface area contributed by atoms with Gasteiger partial charge in [0.15, 0.2) is 0 Å². The van der Waals surface area contributed by atoms with Crippen molar-refractivity contribution in [3.05, 3.63) is 83.6 Å². The average molecular weight is 411 g/mol. The lowest BCUT2D eigenvalue weighted by Gasteiger charge is -2.25. The SMILES string of the molecule is Cn1c(CC[C@@H]2CCCN2Cc2ccc3ccccc3c2)cc2ccc(C(=N)N)cc21. The van der Waals surface area contributed by atoms with Gasteiger partial charge in [-0.15, -0.1) is 0 Å². The van der Waals surface area contributed by atoms with Crippen LogP contribution in [0.1, 0.15) is 36.1 Å². The lowest BCUT2D eigenvalue weighted by atomic mass is 10.0. The Bertz CT molecular complexity index is 1250. The quantitative estimate of drug-likeness (QED) is 0.338. The number of benzene rings is 3. The largest absolute Gasteiger partial charge is 0.384 e. The van der Waals surface area contributed by atoms with Gasteiger partial charge < -0.3 is 10.3 Å². The van der Waals surface area contributed by atoms with Crippen molar-refractivity contribution < 1.29 is 0 Å². The van der Waals surface area contributed by atoms with Crippen LogP contribution in [0.5, 0.6) is 0 Å². The highest BCUT2D eigenvalue weighted by molar-refractivity contribution is 5.98. The van der Waals surface area contributed by atoms with E-state index in [4.69, 9.17) is 11.1 Å². The Hall–Kier alpha value is -3.11. The lowest BCUT2D eigenvalue weighted by Crippen LogP contribution is -2.29. The maximum Gasteiger partial charge on any atom is 0.122 e. The second-order valence-electron chi connectivity index (χ2n) is 8.87. The zero-order valence-corrected chi connectivity index (χ0v) is 18.1. The third-order valence-corrected chi connectivity index (χ3v) is 6.89. The Labute approximate surface area is 183 Å². The topological polar surface area (TPSA) is 58.0 Å². The highest BCUT2D eigenvalue weighted by Gasteiger charge is 2.24. The zero-order chi connectivity index (χ0) is 21.4. The summed E-state index contributed by atoms with van der Waals surface area (Å²) in [6.07, 6.45) is 4.82. The first-order valence-electron chi connectivity index (χ1n) is 11.2. The van der Waals surface area contributed by atoms with Crippen LogP contribution >= 0.6 is 0 Å². The van der Waals surface area contributed by atoms with Crippen molar-refractivity contribution in [2.45, 2.75) is 38.3 Å². The fraction of sp³-hybridized carbons (Fsp3) is 0.296. The number of likely N-dealkylation sites (tertiary alicyclic amines) is 1. The Morgan fingerprint density at radius 3 is 2.65 bits per heavy atom. The van der Waals surface area contributed by atoms with Crippen LogP contribution in [-0.4, -0.2) is 27.9 Å². The predicted molar refractivity (Wildman–Crippen MR) is 130 cm³/mol. The normalized spacial score (nSPS) is 17.0. The van der Waals surface area contributed by atoms with E-state index in [1.807, 2.05) is 12.1 Å². The molecule has 0 amide bonds. The van der Waals surface area contributed by atoms with Crippen LogP contribution in [0, 0.1) is 5.41 Å². The molecule has 0 radical (unpaired) electrons. The molecule has 0 bridgehead atoms. The van der Waals surface area contributed by atoms with Gasteiger partial charge in [0.1, 0.15) is 5.84 Å². The molecule has 0 unspecified atom stereocenters. The molecular weight excluding hydrogens is 380 g/mol. The van der Waals surface area contributed by atoms with Crippen molar-refractivity contribution in [3.8, 4) is 0 Å². The van der Waals surface area contributed by atoms with E-state index in [1.54, 1.807) is 0 Å². The number of aryl methyl sites for hydroxylation is 2. The second kappa shape index (κ2) is 8.20. The summed E-state index contributed by atoms with van der Waals surface area (Å²) in [7, 11) is 2.13. The van der Waals surface area contributed by atoms with Crippen LogP contribution in [0.25, 0.3) is 21.7 Å². The maximum atomic E-state index is 7.70. The van der Waals surface area contributed by atoms with E-state index in [2.05, 4.69) is 71.1 Å². The number of nitrogens with one attached hydrogen (secondary N) is 1. The molecule has 5 rings (SSSR count). The van der Waals surface area contributed by atoms with Crippen molar-refractivity contribution in [1.29, 1.82) is 5.41 Å². The standard InChI is InChI=1S/C27H30N4/c1-30-25(16-22-10-11-23(27(28)29)17-26(22)30)13-12-24-7-4-14-31(24)18-19-8-9-20-5-2-3-6-21(20)15-19/h2-3,5-6,8-11,15-17,24H,4,7,12-14,18H2,1H3,(H3,28,29)/t24-/m0/s1. The molecule has 2 heterocycles. The zero-order valence-electron chi connectivity index (χ0n) is 18.1. The van der Waals surface area contributed by atoms with Crippen LogP contribution in [-0.2, 0) is 20.0 Å². The van der Waals surface area contributed by atoms with Crippen LogP contribution < -0.4 is 5.73 Å². The molecule has 1 fully saturated rings. The molecule has 1 aliphatic heterocycles. The molecule has 1 atom stereocenters. The minimum atomic E-state index is 0.125. The molecule has 1 saturated heterocycles. The molecule has 1 aliphatic rings. The van der Waals surface area contributed by atoms with Crippen LogP contribution in [0.3, 0.4) is 0 Å². The van der Waals surface area contributed by atoms with Gasteiger partial charge in [0, 0.05) is 36.4 Å². The van der Waals surface area contributed by atoms with Crippen molar-refractivity contribution in [2.24, 2.45) is 12.8 Å². The molecule has 158 valence electrons. The van der Waals surface area contributed by atoms with Gasteiger partial charge in [-0.3, -0.25) is 10.3 Å². The summed E-state index contributed by atoms with van der Waals surface area (Å²) in [5, 5.41) is 11.6. The van der Waals surface area contributed by atoms with Gasteiger partial charge in [0.05, 0.1) is 0 Å². The Balaban J connectivity index is 1.29. The molecule has 3 aromatic carbocycles. The molecule has 31 heavy (non-hydrogen) atoms. The fourth-order valence-corrected chi connectivity index (χ4v) is 5.11. The number of hydrogen-bond acceptors (Lipinski definition) is 2. The minimum absolute atomic E-state index is 0.125. The smallest absolute Gasteiger partial charge is 0.122 e. The van der Waals surface area contributed by atoms with E-state index < -0.39 is 0 Å². The molecular formula is C27H30N4. The van der Waals surface area contributed by atoms with Gasteiger partial charge in [-0.05, 0) is 72.1 Å². The highest BCUT2D eigenvalue weighted by Crippen LogP contribution is 2.27. The van der Waals surface area contributed by atoms with Crippen molar-refractivity contribution in [1.82, 2.24) is 9.47 Å². The van der Waals surface area contributed by atoms with Crippen LogP contribution in [0.4, 0.5) is 0 Å². The third-order valence-electron chi connectivity index (χ3n) is 6.89. The number of amidine groups is 1. The van der Waals surface area contributed by atoms with Gasteiger partial charge in [-0.1, -0.05) is 48.5 Å². The molecule has 3 N–H and O–H groups in total. The number of fused-ring (bicyclic) bond motifs is 2. The second-order valence-corrected chi connectivity index (χ2v) is 8.87. The first kappa shape index (κ1) is 19.8. The monoisotopic (exact) mass is 410 g/mol.